The molecular weight excluding hydrogens is 206 g/mol. The third-order valence-electron chi connectivity index (χ3n) is 2.74. The van der Waals surface area contributed by atoms with Crippen molar-refractivity contribution in [1.82, 2.24) is 0 Å². The molecule has 0 heterocycles. The summed E-state index contributed by atoms with van der Waals surface area (Å²) in [7, 11) is 0. The van der Waals surface area contributed by atoms with Crippen LogP contribution in [0.1, 0.15) is 24.9 Å². The molecule has 0 aliphatic rings. The fourth-order valence-electron chi connectivity index (χ4n) is 1.83. The molecule has 0 aliphatic carbocycles. The second kappa shape index (κ2) is 4.21. The Kier molecular flexibility index (Phi) is 2.94. The molecule has 0 aliphatic heterocycles. The van der Waals surface area contributed by atoms with Gasteiger partial charge in [0.2, 0.25) is 0 Å². The highest BCUT2D eigenvalue weighted by atomic mass is 35.5. The van der Waals surface area contributed by atoms with Gasteiger partial charge in [0.05, 0.1) is 0 Å². The zero-order valence-corrected chi connectivity index (χ0v) is 9.46. The Morgan fingerprint density at radius 3 is 2.47 bits per heavy atom. The van der Waals surface area contributed by atoms with Crippen molar-refractivity contribution in [3.8, 4) is 0 Å². The van der Waals surface area contributed by atoms with Gasteiger partial charge in [-0.25, -0.2) is 0 Å². The van der Waals surface area contributed by atoms with Gasteiger partial charge in [0.25, 0.3) is 0 Å². The number of halogens is 1. The fourth-order valence-corrected chi connectivity index (χ4v) is 2.06. The van der Waals surface area contributed by atoms with Gasteiger partial charge in [-0.15, -0.1) is 0 Å². The Morgan fingerprint density at radius 1 is 1.13 bits per heavy atom. The first-order valence-electron chi connectivity index (χ1n) is 5.16. The Bertz CT molecular complexity index is 479. The molecule has 2 heteroatoms. The van der Waals surface area contributed by atoms with Crippen molar-refractivity contribution < 1.29 is 0 Å². The Morgan fingerprint density at radius 2 is 1.80 bits per heavy atom. The maximum absolute atomic E-state index is 6.14. The van der Waals surface area contributed by atoms with E-state index in [1.165, 1.54) is 10.9 Å². The highest BCUT2D eigenvalue weighted by molar-refractivity contribution is 6.35. The van der Waals surface area contributed by atoms with Crippen molar-refractivity contribution in [1.29, 1.82) is 0 Å². The highest BCUT2D eigenvalue weighted by Crippen LogP contribution is 2.29. The largest absolute Gasteiger partial charge is 0.324 e. The molecule has 0 unspecified atom stereocenters. The molecule has 0 fully saturated rings. The number of hydrogen-bond donors (Lipinski definition) is 1. The van der Waals surface area contributed by atoms with Crippen LogP contribution in [0.5, 0.6) is 0 Å². The van der Waals surface area contributed by atoms with Crippen LogP contribution in [0.25, 0.3) is 10.8 Å². The van der Waals surface area contributed by atoms with Crippen LogP contribution in [0.15, 0.2) is 36.4 Å². The van der Waals surface area contributed by atoms with Gasteiger partial charge in [-0.2, -0.15) is 0 Å². The van der Waals surface area contributed by atoms with Gasteiger partial charge >= 0.3 is 0 Å². The zero-order chi connectivity index (χ0) is 10.8. The molecule has 0 amide bonds. The first kappa shape index (κ1) is 10.5. The van der Waals surface area contributed by atoms with Crippen LogP contribution < -0.4 is 5.73 Å². The number of nitrogens with two attached hydrogens (primary N) is 1. The van der Waals surface area contributed by atoms with E-state index < -0.39 is 0 Å². The molecule has 0 aromatic heterocycles. The van der Waals surface area contributed by atoms with Crippen molar-refractivity contribution in [3.63, 3.8) is 0 Å². The van der Waals surface area contributed by atoms with E-state index in [4.69, 9.17) is 17.3 Å². The highest BCUT2D eigenvalue weighted by Gasteiger charge is 2.09. The monoisotopic (exact) mass is 219 g/mol. The summed E-state index contributed by atoms with van der Waals surface area (Å²) in [5.41, 5.74) is 7.25. The zero-order valence-electron chi connectivity index (χ0n) is 8.70. The molecule has 1 nitrogen and oxygen atoms in total. The van der Waals surface area contributed by atoms with Gasteiger partial charge in [0.1, 0.15) is 0 Å². The predicted molar refractivity (Wildman–Crippen MR) is 66.2 cm³/mol. The third-order valence-corrected chi connectivity index (χ3v) is 3.07. The van der Waals surface area contributed by atoms with Crippen LogP contribution in [0.4, 0.5) is 0 Å². The molecule has 0 saturated carbocycles. The van der Waals surface area contributed by atoms with E-state index in [9.17, 15) is 0 Å². The summed E-state index contributed by atoms with van der Waals surface area (Å²) >= 11 is 6.14. The lowest BCUT2D eigenvalue weighted by molar-refractivity contribution is 0.704. The van der Waals surface area contributed by atoms with Crippen LogP contribution in [0.2, 0.25) is 5.02 Å². The van der Waals surface area contributed by atoms with Crippen molar-refractivity contribution in [3.05, 3.63) is 47.0 Å². The second-order valence-corrected chi connectivity index (χ2v) is 4.10. The van der Waals surface area contributed by atoms with Crippen LogP contribution in [-0.2, 0) is 0 Å². The lowest BCUT2D eigenvalue weighted by Gasteiger charge is -2.13. The predicted octanol–water partition coefficient (Wildman–Crippen LogP) is 3.90. The topological polar surface area (TPSA) is 26.0 Å². The number of fused-ring (bicyclic) bond motifs is 1. The standard InChI is InChI=1S/C13H14ClN/c1-2-13(15)11-7-8-12(14)10-6-4-3-5-9(10)11/h3-8,13H,2,15H2,1H3/t13-/m0/s1. The number of rotatable bonds is 2. The number of hydrogen-bond acceptors (Lipinski definition) is 1. The molecule has 2 N–H and O–H groups in total. The summed E-state index contributed by atoms with van der Waals surface area (Å²) in [5, 5.41) is 3.04. The smallest absolute Gasteiger partial charge is 0.0484 e. The van der Waals surface area contributed by atoms with Crippen LogP contribution in [0, 0.1) is 0 Å². The quantitative estimate of drug-likeness (QED) is 0.815. The van der Waals surface area contributed by atoms with Crippen LogP contribution in [0.3, 0.4) is 0 Å². The van der Waals surface area contributed by atoms with Gasteiger partial charge in [-0.05, 0) is 23.4 Å². The Hall–Kier alpha value is -1.05. The van der Waals surface area contributed by atoms with E-state index in [0.29, 0.717) is 0 Å². The van der Waals surface area contributed by atoms with Crippen LogP contribution in [-0.4, -0.2) is 0 Å². The molecule has 0 saturated heterocycles. The lowest BCUT2D eigenvalue weighted by atomic mass is 9.98. The maximum Gasteiger partial charge on any atom is 0.0484 e. The third kappa shape index (κ3) is 1.85. The van der Waals surface area contributed by atoms with Crippen LogP contribution >= 0.6 is 11.6 Å². The summed E-state index contributed by atoms with van der Waals surface area (Å²) in [5.74, 6) is 0. The maximum atomic E-state index is 6.14. The van der Waals surface area contributed by atoms with Crippen molar-refractivity contribution in [2.24, 2.45) is 5.73 Å². The first-order valence-corrected chi connectivity index (χ1v) is 5.54. The molecule has 2 aromatic carbocycles. The van der Waals surface area contributed by atoms with Crippen molar-refractivity contribution >= 4 is 22.4 Å². The summed E-state index contributed by atoms with van der Waals surface area (Å²) in [6.45, 7) is 2.09. The van der Waals surface area contributed by atoms with Gasteiger partial charge < -0.3 is 5.73 Å². The van der Waals surface area contributed by atoms with Gasteiger partial charge in [-0.1, -0.05) is 48.9 Å². The van der Waals surface area contributed by atoms with Gasteiger partial charge in [-0.3, -0.25) is 0 Å². The van der Waals surface area contributed by atoms with E-state index in [-0.39, 0.29) is 6.04 Å². The minimum absolute atomic E-state index is 0.0900. The molecule has 0 radical (unpaired) electrons. The van der Waals surface area contributed by atoms with E-state index in [1.807, 2.05) is 30.3 Å². The average molecular weight is 220 g/mol. The molecule has 15 heavy (non-hydrogen) atoms. The summed E-state index contributed by atoms with van der Waals surface area (Å²) < 4.78 is 0. The van der Waals surface area contributed by atoms with Crippen molar-refractivity contribution in [2.45, 2.75) is 19.4 Å². The first-order chi connectivity index (χ1) is 7.24. The minimum atomic E-state index is 0.0900. The minimum Gasteiger partial charge on any atom is -0.324 e. The molecule has 0 spiro atoms. The normalized spacial score (nSPS) is 13.0. The fraction of sp³-hybridized carbons (Fsp3) is 0.231. The van der Waals surface area contributed by atoms with Gasteiger partial charge in [0, 0.05) is 16.5 Å². The second-order valence-electron chi connectivity index (χ2n) is 3.70. The van der Waals surface area contributed by atoms with Crippen molar-refractivity contribution in [2.75, 3.05) is 0 Å². The van der Waals surface area contributed by atoms with E-state index in [2.05, 4.69) is 13.0 Å². The SMILES string of the molecule is CC[C@H](N)c1ccc(Cl)c2ccccc12. The van der Waals surface area contributed by atoms with E-state index in [1.54, 1.807) is 0 Å². The van der Waals surface area contributed by atoms with E-state index >= 15 is 0 Å². The van der Waals surface area contributed by atoms with Gasteiger partial charge in [0.15, 0.2) is 0 Å². The Balaban J connectivity index is 2.71. The molecule has 2 aromatic rings. The number of benzene rings is 2. The summed E-state index contributed by atoms with van der Waals surface area (Å²) in [4.78, 5) is 0. The molecule has 1 atom stereocenters. The summed E-state index contributed by atoms with van der Waals surface area (Å²) in [6.07, 6.45) is 0.936. The van der Waals surface area contributed by atoms with E-state index in [0.717, 1.165) is 16.8 Å². The lowest BCUT2D eigenvalue weighted by Crippen LogP contribution is -2.08. The Labute approximate surface area is 94.9 Å². The molecule has 0 bridgehead atoms. The molecule has 78 valence electrons. The molecular formula is C13H14ClN. The average Bonchev–Trinajstić information content (AvgIpc) is 2.29. The molecule has 2 rings (SSSR count). The summed E-state index contributed by atoms with van der Waals surface area (Å²) in [6, 6.07) is 12.2.